The summed E-state index contributed by atoms with van der Waals surface area (Å²) in [6, 6.07) is 13.7. The molecule has 3 nitrogen and oxygen atoms in total. The molecule has 0 saturated heterocycles. The van der Waals surface area contributed by atoms with Crippen molar-refractivity contribution >= 4 is 15.9 Å². The lowest BCUT2D eigenvalue weighted by molar-refractivity contribution is 0.107. The molecular formula is C14H11BrN2O. The molecule has 0 aliphatic carbocycles. The zero-order chi connectivity index (χ0) is 12.8. The van der Waals surface area contributed by atoms with E-state index < -0.39 is 0 Å². The molecule has 0 unspecified atom stereocenters. The minimum Gasteiger partial charge on any atom is -0.372 e. The van der Waals surface area contributed by atoms with E-state index in [2.05, 4.69) is 27.0 Å². The van der Waals surface area contributed by atoms with Crippen LogP contribution < -0.4 is 0 Å². The number of ether oxygens (including phenoxy) is 1. The number of hydrogen-bond donors (Lipinski definition) is 0. The van der Waals surface area contributed by atoms with Crippen LogP contribution in [0.15, 0.2) is 47.1 Å². The lowest BCUT2D eigenvalue weighted by atomic mass is 10.2. The van der Waals surface area contributed by atoms with Crippen LogP contribution in [0.2, 0.25) is 0 Å². The number of aromatic nitrogens is 1. The van der Waals surface area contributed by atoms with Crippen LogP contribution >= 0.6 is 15.9 Å². The maximum absolute atomic E-state index is 8.90. The van der Waals surface area contributed by atoms with Crippen LogP contribution in [-0.2, 0) is 18.0 Å². The third-order valence-corrected chi connectivity index (χ3v) is 2.91. The first kappa shape index (κ1) is 12.7. The molecule has 2 rings (SSSR count). The van der Waals surface area contributed by atoms with E-state index in [1.807, 2.05) is 30.3 Å². The van der Waals surface area contributed by atoms with Gasteiger partial charge >= 0.3 is 0 Å². The summed E-state index contributed by atoms with van der Waals surface area (Å²) in [5.74, 6) is 0. The molecule has 4 heteroatoms. The summed E-state index contributed by atoms with van der Waals surface area (Å²) in [5, 5.41) is 8.90. The first-order chi connectivity index (χ1) is 8.79. The second kappa shape index (κ2) is 6.29. The van der Waals surface area contributed by atoms with Gasteiger partial charge in [-0.2, -0.15) is 5.26 Å². The number of nitriles is 1. The van der Waals surface area contributed by atoms with Crippen LogP contribution in [-0.4, -0.2) is 4.98 Å². The summed E-state index contributed by atoms with van der Waals surface area (Å²) in [6.45, 7) is 0.905. The van der Waals surface area contributed by atoms with E-state index in [0.717, 1.165) is 15.6 Å². The zero-order valence-electron chi connectivity index (χ0n) is 9.64. The highest BCUT2D eigenvalue weighted by Gasteiger charge is 2.02. The highest BCUT2D eigenvalue weighted by Crippen LogP contribution is 2.13. The van der Waals surface area contributed by atoms with E-state index in [4.69, 9.17) is 10.00 Å². The lowest BCUT2D eigenvalue weighted by Gasteiger charge is -2.05. The number of nitrogens with zero attached hydrogens (tertiary/aromatic N) is 2. The molecule has 0 bridgehead atoms. The average molecular weight is 303 g/mol. The van der Waals surface area contributed by atoms with Gasteiger partial charge in [-0.1, -0.05) is 34.1 Å². The summed E-state index contributed by atoms with van der Waals surface area (Å²) in [6.07, 6.45) is 1.61. The predicted octanol–water partition coefficient (Wildman–Crippen LogP) is 3.43. The Kier molecular flexibility index (Phi) is 4.46. The third kappa shape index (κ3) is 3.39. The molecule has 0 fully saturated rings. The van der Waals surface area contributed by atoms with Gasteiger partial charge in [0.25, 0.3) is 0 Å². The van der Waals surface area contributed by atoms with Crippen LogP contribution in [0.5, 0.6) is 0 Å². The standard InChI is InChI=1S/C14H11BrN2O/c15-13-5-1-3-11(7-13)9-18-10-12-4-2-6-17-14(12)8-16/h1-7H,9-10H2. The van der Waals surface area contributed by atoms with Gasteiger partial charge in [-0.05, 0) is 23.8 Å². The van der Waals surface area contributed by atoms with Crippen LogP contribution in [0.3, 0.4) is 0 Å². The molecule has 0 N–H and O–H groups in total. The van der Waals surface area contributed by atoms with Crippen LogP contribution in [0.1, 0.15) is 16.8 Å². The second-order valence-corrected chi connectivity index (χ2v) is 4.66. The summed E-state index contributed by atoms with van der Waals surface area (Å²) < 4.78 is 6.62. The van der Waals surface area contributed by atoms with Gasteiger partial charge < -0.3 is 4.74 Å². The molecule has 0 aliphatic heterocycles. The first-order valence-corrected chi connectivity index (χ1v) is 6.25. The van der Waals surface area contributed by atoms with Gasteiger partial charge in [0.1, 0.15) is 11.8 Å². The summed E-state index contributed by atoms with van der Waals surface area (Å²) in [4.78, 5) is 3.99. The van der Waals surface area contributed by atoms with Gasteiger partial charge in [-0.25, -0.2) is 4.98 Å². The average Bonchev–Trinajstić information content (AvgIpc) is 2.39. The molecular weight excluding hydrogens is 292 g/mol. The second-order valence-electron chi connectivity index (χ2n) is 3.75. The molecule has 0 aliphatic rings. The van der Waals surface area contributed by atoms with Crippen molar-refractivity contribution < 1.29 is 4.74 Å². The number of rotatable bonds is 4. The lowest BCUT2D eigenvalue weighted by Crippen LogP contribution is -1.98. The summed E-state index contributed by atoms with van der Waals surface area (Å²) >= 11 is 3.41. The molecule has 1 aromatic heterocycles. The molecule has 0 saturated carbocycles. The minimum atomic E-state index is 0.392. The minimum absolute atomic E-state index is 0.392. The molecule has 18 heavy (non-hydrogen) atoms. The highest BCUT2D eigenvalue weighted by atomic mass is 79.9. The normalized spacial score (nSPS) is 10.0. The van der Waals surface area contributed by atoms with Gasteiger partial charge in [0.05, 0.1) is 13.2 Å². The first-order valence-electron chi connectivity index (χ1n) is 5.46. The Morgan fingerprint density at radius 2 is 2.11 bits per heavy atom. The van der Waals surface area contributed by atoms with Crippen LogP contribution in [0.4, 0.5) is 0 Å². The number of pyridine rings is 1. The fraction of sp³-hybridized carbons (Fsp3) is 0.143. The molecule has 1 heterocycles. The van der Waals surface area contributed by atoms with Gasteiger partial charge in [-0.15, -0.1) is 0 Å². The van der Waals surface area contributed by atoms with Gasteiger partial charge in [0, 0.05) is 16.2 Å². The van der Waals surface area contributed by atoms with Crippen LogP contribution in [0.25, 0.3) is 0 Å². The molecule has 1 aromatic carbocycles. The molecule has 0 radical (unpaired) electrons. The van der Waals surface area contributed by atoms with Crippen molar-refractivity contribution in [3.8, 4) is 6.07 Å². The Labute approximate surface area is 114 Å². The Balaban J connectivity index is 1.95. The Hall–Kier alpha value is -1.70. The maximum atomic E-state index is 8.90. The highest BCUT2D eigenvalue weighted by molar-refractivity contribution is 9.10. The topological polar surface area (TPSA) is 45.9 Å². The van der Waals surface area contributed by atoms with Gasteiger partial charge in [0.15, 0.2) is 0 Å². The van der Waals surface area contributed by atoms with Crippen molar-refractivity contribution in [2.45, 2.75) is 13.2 Å². The van der Waals surface area contributed by atoms with E-state index >= 15 is 0 Å². The van der Waals surface area contributed by atoms with E-state index in [1.54, 1.807) is 12.3 Å². The summed E-state index contributed by atoms with van der Waals surface area (Å²) in [5.41, 5.74) is 2.33. The number of halogens is 1. The van der Waals surface area contributed by atoms with Crippen molar-refractivity contribution in [1.29, 1.82) is 5.26 Å². The van der Waals surface area contributed by atoms with Crippen molar-refractivity contribution in [3.63, 3.8) is 0 Å². The van der Waals surface area contributed by atoms with E-state index in [-0.39, 0.29) is 0 Å². The Bertz CT molecular complexity index is 578. The zero-order valence-corrected chi connectivity index (χ0v) is 11.2. The molecule has 0 amide bonds. The van der Waals surface area contributed by atoms with Crippen molar-refractivity contribution in [2.75, 3.05) is 0 Å². The Morgan fingerprint density at radius 3 is 2.89 bits per heavy atom. The Morgan fingerprint density at radius 1 is 1.22 bits per heavy atom. The quantitative estimate of drug-likeness (QED) is 0.869. The van der Waals surface area contributed by atoms with Crippen molar-refractivity contribution in [1.82, 2.24) is 4.98 Å². The van der Waals surface area contributed by atoms with Gasteiger partial charge in [-0.3, -0.25) is 0 Å². The van der Waals surface area contributed by atoms with Crippen LogP contribution in [0, 0.1) is 11.3 Å². The fourth-order valence-corrected chi connectivity index (χ4v) is 2.01. The predicted molar refractivity (Wildman–Crippen MR) is 71.6 cm³/mol. The number of benzene rings is 1. The van der Waals surface area contributed by atoms with E-state index in [1.165, 1.54) is 0 Å². The SMILES string of the molecule is N#Cc1ncccc1COCc1cccc(Br)c1. The number of hydrogen-bond acceptors (Lipinski definition) is 3. The smallest absolute Gasteiger partial charge is 0.145 e. The molecule has 90 valence electrons. The third-order valence-electron chi connectivity index (χ3n) is 2.41. The maximum Gasteiger partial charge on any atom is 0.145 e. The molecule has 2 aromatic rings. The van der Waals surface area contributed by atoms with Crippen molar-refractivity contribution in [3.05, 3.63) is 63.9 Å². The molecule has 0 spiro atoms. The van der Waals surface area contributed by atoms with Gasteiger partial charge in [0.2, 0.25) is 0 Å². The van der Waals surface area contributed by atoms with E-state index in [0.29, 0.717) is 18.9 Å². The molecule has 0 atom stereocenters. The largest absolute Gasteiger partial charge is 0.372 e. The van der Waals surface area contributed by atoms with Crippen molar-refractivity contribution in [2.24, 2.45) is 0 Å². The van der Waals surface area contributed by atoms with E-state index in [9.17, 15) is 0 Å². The fourth-order valence-electron chi connectivity index (χ4n) is 1.56. The monoisotopic (exact) mass is 302 g/mol. The summed E-state index contributed by atoms with van der Waals surface area (Å²) in [7, 11) is 0.